The van der Waals surface area contributed by atoms with E-state index in [2.05, 4.69) is 5.32 Å². The molecule has 0 aliphatic carbocycles. The predicted molar refractivity (Wildman–Crippen MR) is 71.3 cm³/mol. The fraction of sp³-hybridized carbons (Fsp3) is 0.308. The van der Waals surface area contributed by atoms with Crippen LogP contribution in [0.4, 0.5) is 0 Å². The van der Waals surface area contributed by atoms with Crippen LogP contribution >= 0.6 is 0 Å². The second-order valence-electron chi connectivity index (χ2n) is 4.48. The third-order valence-corrected chi connectivity index (χ3v) is 4.34. The van der Waals surface area contributed by atoms with Gasteiger partial charge in [0.1, 0.15) is 0 Å². The SMILES string of the molecule is O=C(O)Cc1ccccc1CNC1C=CS(=O)(=O)C1. The maximum absolute atomic E-state index is 11.3. The van der Waals surface area contributed by atoms with Crippen LogP contribution < -0.4 is 5.32 Å². The highest BCUT2D eigenvalue weighted by Crippen LogP contribution is 2.12. The third-order valence-electron chi connectivity index (χ3n) is 2.94. The average molecular weight is 281 g/mol. The lowest BCUT2D eigenvalue weighted by Crippen LogP contribution is -2.29. The number of carbonyl (C=O) groups is 1. The number of carboxylic acids is 1. The summed E-state index contributed by atoms with van der Waals surface area (Å²) in [5.74, 6) is -0.815. The van der Waals surface area contributed by atoms with Gasteiger partial charge in [-0.3, -0.25) is 4.79 Å². The second-order valence-corrected chi connectivity index (χ2v) is 6.42. The molecule has 1 aromatic rings. The Balaban J connectivity index is 2.00. The van der Waals surface area contributed by atoms with Crippen molar-refractivity contribution in [3.8, 4) is 0 Å². The Morgan fingerprint density at radius 1 is 1.32 bits per heavy atom. The molecule has 6 heteroatoms. The predicted octanol–water partition coefficient (Wildman–Crippen LogP) is 0.714. The van der Waals surface area contributed by atoms with Crippen LogP contribution in [-0.4, -0.2) is 31.3 Å². The largest absolute Gasteiger partial charge is 0.481 e. The quantitative estimate of drug-likeness (QED) is 0.830. The smallest absolute Gasteiger partial charge is 0.307 e. The summed E-state index contributed by atoms with van der Waals surface area (Å²) in [7, 11) is -3.07. The van der Waals surface area contributed by atoms with Gasteiger partial charge in [-0.1, -0.05) is 30.3 Å². The monoisotopic (exact) mass is 281 g/mol. The zero-order valence-electron chi connectivity index (χ0n) is 10.2. The molecule has 0 saturated heterocycles. The highest BCUT2D eigenvalue weighted by molar-refractivity contribution is 7.94. The molecular formula is C13H15NO4S. The van der Waals surface area contributed by atoms with Crippen LogP contribution in [0.1, 0.15) is 11.1 Å². The Morgan fingerprint density at radius 3 is 2.58 bits per heavy atom. The normalized spacial score (nSPS) is 20.5. The van der Waals surface area contributed by atoms with E-state index in [1.807, 2.05) is 12.1 Å². The molecule has 0 fully saturated rings. The zero-order chi connectivity index (χ0) is 13.9. The highest BCUT2D eigenvalue weighted by atomic mass is 32.2. The minimum atomic E-state index is -3.07. The van der Waals surface area contributed by atoms with E-state index in [4.69, 9.17) is 5.11 Å². The van der Waals surface area contributed by atoms with E-state index in [0.717, 1.165) is 11.1 Å². The van der Waals surface area contributed by atoms with Crippen LogP contribution in [0, 0.1) is 0 Å². The Bertz CT molecular complexity index is 607. The van der Waals surface area contributed by atoms with Gasteiger partial charge in [-0.25, -0.2) is 8.42 Å². The first-order chi connectivity index (χ1) is 8.96. The number of aliphatic carboxylic acids is 1. The van der Waals surface area contributed by atoms with Gasteiger partial charge in [0.05, 0.1) is 12.2 Å². The summed E-state index contributed by atoms with van der Waals surface area (Å²) >= 11 is 0. The molecule has 19 heavy (non-hydrogen) atoms. The topological polar surface area (TPSA) is 83.5 Å². The number of hydrogen-bond acceptors (Lipinski definition) is 4. The van der Waals surface area contributed by atoms with Gasteiger partial charge in [-0.15, -0.1) is 0 Å². The molecule has 2 N–H and O–H groups in total. The standard InChI is InChI=1S/C13H15NO4S/c15-13(16)7-10-3-1-2-4-11(10)8-14-12-5-6-19(17,18)9-12/h1-6,12,14H,7-9H2,(H,15,16). The maximum Gasteiger partial charge on any atom is 0.307 e. The van der Waals surface area contributed by atoms with Crippen LogP contribution in [0.5, 0.6) is 0 Å². The van der Waals surface area contributed by atoms with Crippen LogP contribution in [0.2, 0.25) is 0 Å². The lowest BCUT2D eigenvalue weighted by atomic mass is 10.0. The van der Waals surface area contributed by atoms with Gasteiger partial charge in [0, 0.05) is 18.0 Å². The van der Waals surface area contributed by atoms with Crippen LogP contribution in [0.3, 0.4) is 0 Å². The van der Waals surface area contributed by atoms with Crippen molar-refractivity contribution in [2.24, 2.45) is 0 Å². The summed E-state index contributed by atoms with van der Waals surface area (Å²) in [4.78, 5) is 10.8. The lowest BCUT2D eigenvalue weighted by Gasteiger charge is -2.12. The Labute approximate surface area is 111 Å². The molecule has 0 spiro atoms. The van der Waals surface area contributed by atoms with Crippen LogP contribution in [0.25, 0.3) is 0 Å². The maximum atomic E-state index is 11.3. The zero-order valence-corrected chi connectivity index (χ0v) is 11.1. The van der Waals surface area contributed by atoms with Crippen molar-refractivity contribution in [2.45, 2.75) is 19.0 Å². The summed E-state index contributed by atoms with van der Waals surface area (Å²) in [6.07, 6.45) is 1.59. The molecule has 0 amide bonds. The minimum absolute atomic E-state index is 0.0311. The van der Waals surface area contributed by atoms with Crippen LogP contribution in [-0.2, 0) is 27.6 Å². The molecule has 0 bridgehead atoms. The molecule has 1 aliphatic heterocycles. The van der Waals surface area contributed by atoms with Gasteiger partial charge in [-0.2, -0.15) is 0 Å². The summed E-state index contributed by atoms with van der Waals surface area (Å²) in [5.41, 5.74) is 1.62. The number of hydrogen-bond donors (Lipinski definition) is 2. The van der Waals surface area contributed by atoms with Gasteiger partial charge < -0.3 is 10.4 Å². The third kappa shape index (κ3) is 3.90. The summed E-state index contributed by atoms with van der Waals surface area (Å²) in [6, 6.07) is 7.04. The van der Waals surface area contributed by atoms with E-state index in [-0.39, 0.29) is 18.2 Å². The van der Waals surface area contributed by atoms with Crippen molar-refractivity contribution in [3.05, 3.63) is 46.9 Å². The summed E-state index contributed by atoms with van der Waals surface area (Å²) < 4.78 is 22.5. The fourth-order valence-corrected chi connectivity index (χ4v) is 3.28. The molecule has 0 aromatic heterocycles. The van der Waals surface area contributed by atoms with E-state index >= 15 is 0 Å². The first-order valence-corrected chi connectivity index (χ1v) is 7.61. The van der Waals surface area contributed by atoms with E-state index in [1.54, 1.807) is 18.2 Å². The van der Waals surface area contributed by atoms with Crippen molar-refractivity contribution >= 4 is 15.8 Å². The number of sulfone groups is 1. The molecule has 102 valence electrons. The van der Waals surface area contributed by atoms with E-state index in [9.17, 15) is 13.2 Å². The van der Waals surface area contributed by atoms with Crippen LogP contribution in [0.15, 0.2) is 35.7 Å². The molecule has 1 atom stereocenters. The van der Waals surface area contributed by atoms with E-state index < -0.39 is 15.8 Å². The molecule has 1 heterocycles. The highest BCUT2D eigenvalue weighted by Gasteiger charge is 2.21. The molecule has 1 unspecified atom stereocenters. The van der Waals surface area contributed by atoms with Gasteiger partial charge in [0.25, 0.3) is 0 Å². The lowest BCUT2D eigenvalue weighted by molar-refractivity contribution is -0.136. The van der Waals surface area contributed by atoms with Gasteiger partial charge in [0.15, 0.2) is 9.84 Å². The fourth-order valence-electron chi connectivity index (χ4n) is 2.01. The van der Waals surface area contributed by atoms with E-state index in [1.165, 1.54) is 5.41 Å². The number of benzene rings is 1. The Hall–Kier alpha value is -1.66. The first-order valence-electron chi connectivity index (χ1n) is 5.89. The van der Waals surface area contributed by atoms with Crippen molar-refractivity contribution < 1.29 is 18.3 Å². The molecule has 1 aliphatic rings. The summed E-state index contributed by atoms with van der Waals surface area (Å²) in [6.45, 7) is 0.452. The molecular weight excluding hydrogens is 266 g/mol. The minimum Gasteiger partial charge on any atom is -0.481 e. The van der Waals surface area contributed by atoms with Gasteiger partial charge >= 0.3 is 5.97 Å². The molecule has 1 aromatic carbocycles. The molecule has 5 nitrogen and oxygen atoms in total. The first kappa shape index (κ1) is 13.8. The number of nitrogens with one attached hydrogen (secondary N) is 1. The Morgan fingerprint density at radius 2 is 2.00 bits per heavy atom. The average Bonchev–Trinajstić information content (AvgIpc) is 2.67. The van der Waals surface area contributed by atoms with Gasteiger partial charge in [0.2, 0.25) is 0 Å². The van der Waals surface area contributed by atoms with Crippen molar-refractivity contribution in [1.29, 1.82) is 0 Å². The molecule has 2 rings (SSSR count). The van der Waals surface area contributed by atoms with Crippen molar-refractivity contribution in [2.75, 3.05) is 5.75 Å². The van der Waals surface area contributed by atoms with Crippen molar-refractivity contribution in [1.82, 2.24) is 5.32 Å². The second kappa shape index (κ2) is 5.54. The van der Waals surface area contributed by atoms with Crippen molar-refractivity contribution in [3.63, 3.8) is 0 Å². The molecule has 0 saturated carbocycles. The number of rotatable bonds is 5. The van der Waals surface area contributed by atoms with E-state index in [0.29, 0.717) is 6.54 Å². The molecule has 0 radical (unpaired) electrons. The summed E-state index contributed by atoms with van der Waals surface area (Å²) in [5, 5.41) is 13.2. The van der Waals surface area contributed by atoms with Gasteiger partial charge in [-0.05, 0) is 11.1 Å². The Kier molecular flexibility index (Phi) is 4.01. The number of carboxylic acid groups (broad SMARTS) is 1.